The van der Waals surface area contributed by atoms with E-state index in [0.29, 0.717) is 0 Å². The molecule has 0 amide bonds. The second kappa shape index (κ2) is 3.26. The van der Waals surface area contributed by atoms with Crippen LogP contribution in [0.3, 0.4) is 0 Å². The van der Waals surface area contributed by atoms with Gasteiger partial charge in [-0.2, -0.15) is 0 Å². The Labute approximate surface area is 75.2 Å². The molecule has 62 valence electrons. The molecule has 1 aliphatic heterocycles. The van der Waals surface area contributed by atoms with E-state index >= 15 is 0 Å². The number of hydrogen-bond acceptors (Lipinski definition) is 4. The van der Waals surface area contributed by atoms with Crippen LogP contribution >= 0.6 is 11.9 Å². The fourth-order valence-corrected chi connectivity index (χ4v) is 1.71. The van der Waals surface area contributed by atoms with Crippen molar-refractivity contribution in [3.63, 3.8) is 0 Å². The van der Waals surface area contributed by atoms with Gasteiger partial charge in [0.25, 0.3) is 0 Å². The summed E-state index contributed by atoms with van der Waals surface area (Å²) < 4.78 is 2.96. The lowest BCUT2D eigenvalue weighted by Gasteiger charge is -1.95. The number of benzene rings is 1. The highest BCUT2D eigenvalue weighted by Gasteiger charge is 2.14. The van der Waals surface area contributed by atoms with Crippen LogP contribution in [0.15, 0.2) is 35.3 Å². The molecule has 0 unspecified atom stereocenters. The van der Waals surface area contributed by atoms with Crippen molar-refractivity contribution in [3.05, 3.63) is 35.9 Å². The van der Waals surface area contributed by atoms with E-state index in [9.17, 15) is 0 Å². The molecule has 1 aromatic carbocycles. The van der Waals surface area contributed by atoms with Crippen molar-refractivity contribution >= 4 is 17.0 Å². The van der Waals surface area contributed by atoms with Crippen molar-refractivity contribution in [3.8, 4) is 0 Å². The standard InChI is InChI=1S/C8H9N3S/c9-8-10-7(12-11-8)6-4-2-1-3-5-6/h1-5,8,11H,9H2/t8-/m1/s1. The monoisotopic (exact) mass is 179 g/mol. The number of nitrogens with zero attached hydrogens (tertiary/aromatic N) is 1. The molecule has 0 spiro atoms. The van der Waals surface area contributed by atoms with Crippen molar-refractivity contribution in [1.29, 1.82) is 0 Å². The summed E-state index contributed by atoms with van der Waals surface area (Å²) >= 11 is 1.48. The quantitative estimate of drug-likeness (QED) is 0.630. The summed E-state index contributed by atoms with van der Waals surface area (Å²) in [7, 11) is 0. The second-order valence-electron chi connectivity index (χ2n) is 2.47. The maximum Gasteiger partial charge on any atom is 0.161 e. The lowest BCUT2D eigenvalue weighted by atomic mass is 10.2. The predicted octanol–water partition coefficient (Wildman–Crippen LogP) is 0.927. The molecule has 3 nitrogen and oxygen atoms in total. The molecule has 0 fully saturated rings. The van der Waals surface area contributed by atoms with Gasteiger partial charge in [0.15, 0.2) is 6.29 Å². The van der Waals surface area contributed by atoms with Gasteiger partial charge in [-0.15, -0.1) is 0 Å². The molecule has 1 aliphatic rings. The van der Waals surface area contributed by atoms with Crippen LogP contribution in [0, 0.1) is 0 Å². The summed E-state index contributed by atoms with van der Waals surface area (Å²) in [6, 6.07) is 10.00. The Balaban J connectivity index is 2.27. The average Bonchev–Trinajstić information content (AvgIpc) is 2.54. The van der Waals surface area contributed by atoms with Crippen LogP contribution in [0.25, 0.3) is 0 Å². The maximum absolute atomic E-state index is 5.54. The minimum atomic E-state index is -0.259. The fraction of sp³-hybridized carbons (Fsp3) is 0.125. The molecule has 1 aromatic rings. The highest BCUT2D eigenvalue weighted by atomic mass is 32.2. The Morgan fingerprint density at radius 3 is 2.67 bits per heavy atom. The van der Waals surface area contributed by atoms with Gasteiger partial charge in [-0.25, -0.2) is 9.71 Å². The van der Waals surface area contributed by atoms with Crippen molar-refractivity contribution in [2.24, 2.45) is 10.7 Å². The van der Waals surface area contributed by atoms with Gasteiger partial charge in [-0.05, 0) is 11.9 Å². The van der Waals surface area contributed by atoms with Gasteiger partial charge in [0.2, 0.25) is 0 Å². The fourth-order valence-electron chi connectivity index (χ4n) is 1.01. The zero-order valence-electron chi connectivity index (χ0n) is 6.40. The van der Waals surface area contributed by atoms with E-state index in [-0.39, 0.29) is 6.29 Å². The summed E-state index contributed by atoms with van der Waals surface area (Å²) in [6.45, 7) is 0. The van der Waals surface area contributed by atoms with Gasteiger partial charge in [-0.3, -0.25) is 5.73 Å². The van der Waals surface area contributed by atoms with Gasteiger partial charge in [-0.1, -0.05) is 30.3 Å². The Kier molecular flexibility index (Phi) is 2.12. The van der Waals surface area contributed by atoms with Crippen molar-refractivity contribution in [1.82, 2.24) is 4.72 Å². The SMILES string of the molecule is N[C@@H]1N=C(c2ccccc2)SN1. The minimum absolute atomic E-state index is 0.259. The molecule has 4 heteroatoms. The molecular formula is C8H9N3S. The summed E-state index contributed by atoms with van der Waals surface area (Å²) in [5.74, 6) is 0. The number of hydrogen-bond donors (Lipinski definition) is 2. The van der Waals surface area contributed by atoms with Gasteiger partial charge in [0, 0.05) is 5.56 Å². The number of nitrogens with one attached hydrogen (secondary N) is 1. The zero-order valence-corrected chi connectivity index (χ0v) is 7.21. The Bertz CT molecular complexity index is 296. The number of rotatable bonds is 1. The summed E-state index contributed by atoms with van der Waals surface area (Å²) in [6.07, 6.45) is -0.259. The second-order valence-corrected chi connectivity index (χ2v) is 3.29. The molecule has 2 rings (SSSR count). The topological polar surface area (TPSA) is 50.4 Å². The van der Waals surface area contributed by atoms with Crippen LogP contribution in [0.1, 0.15) is 5.56 Å². The van der Waals surface area contributed by atoms with E-state index in [4.69, 9.17) is 5.73 Å². The van der Waals surface area contributed by atoms with Crippen LogP contribution in [0.4, 0.5) is 0 Å². The first kappa shape index (κ1) is 7.79. The van der Waals surface area contributed by atoms with Crippen LogP contribution in [0.2, 0.25) is 0 Å². The molecule has 0 aromatic heterocycles. The molecule has 0 saturated heterocycles. The minimum Gasteiger partial charge on any atom is -0.297 e. The first-order valence-electron chi connectivity index (χ1n) is 3.67. The third-order valence-corrected chi connectivity index (χ3v) is 2.45. The Hall–Kier alpha value is -0.840. The largest absolute Gasteiger partial charge is 0.297 e. The van der Waals surface area contributed by atoms with Crippen LogP contribution in [-0.2, 0) is 0 Å². The van der Waals surface area contributed by atoms with Crippen molar-refractivity contribution < 1.29 is 0 Å². The molecule has 0 radical (unpaired) electrons. The molecule has 12 heavy (non-hydrogen) atoms. The highest BCUT2D eigenvalue weighted by Crippen LogP contribution is 2.16. The molecule has 0 bridgehead atoms. The van der Waals surface area contributed by atoms with Gasteiger partial charge in [0.05, 0.1) is 0 Å². The van der Waals surface area contributed by atoms with E-state index in [1.165, 1.54) is 11.9 Å². The third kappa shape index (κ3) is 1.50. The third-order valence-electron chi connectivity index (χ3n) is 1.55. The van der Waals surface area contributed by atoms with Gasteiger partial charge < -0.3 is 0 Å². The van der Waals surface area contributed by atoms with Crippen LogP contribution < -0.4 is 10.5 Å². The van der Waals surface area contributed by atoms with E-state index in [0.717, 1.165) is 10.6 Å². The lowest BCUT2D eigenvalue weighted by molar-refractivity contribution is 0.715. The smallest absolute Gasteiger partial charge is 0.161 e. The normalized spacial score (nSPS) is 22.4. The molecule has 0 saturated carbocycles. The van der Waals surface area contributed by atoms with Crippen molar-refractivity contribution in [2.45, 2.75) is 6.29 Å². The number of aliphatic imine (C=N–C) groups is 1. The Morgan fingerprint density at radius 1 is 1.33 bits per heavy atom. The lowest BCUT2D eigenvalue weighted by Crippen LogP contribution is -2.25. The van der Waals surface area contributed by atoms with Crippen LogP contribution in [0.5, 0.6) is 0 Å². The zero-order chi connectivity index (χ0) is 8.39. The first-order chi connectivity index (χ1) is 5.86. The average molecular weight is 179 g/mol. The molecule has 1 atom stereocenters. The molecule has 1 heterocycles. The van der Waals surface area contributed by atoms with E-state index in [1.807, 2.05) is 30.3 Å². The van der Waals surface area contributed by atoms with E-state index < -0.39 is 0 Å². The first-order valence-corrected chi connectivity index (χ1v) is 4.49. The predicted molar refractivity (Wildman–Crippen MR) is 51.7 cm³/mol. The number of nitrogens with two attached hydrogens (primary N) is 1. The van der Waals surface area contributed by atoms with Crippen molar-refractivity contribution in [2.75, 3.05) is 0 Å². The summed E-state index contributed by atoms with van der Waals surface area (Å²) in [4.78, 5) is 4.20. The summed E-state index contributed by atoms with van der Waals surface area (Å²) in [5, 5.41) is 0.961. The molecule has 0 aliphatic carbocycles. The Morgan fingerprint density at radius 2 is 2.08 bits per heavy atom. The van der Waals surface area contributed by atoms with Crippen LogP contribution in [-0.4, -0.2) is 11.3 Å². The van der Waals surface area contributed by atoms with Gasteiger partial charge >= 0.3 is 0 Å². The van der Waals surface area contributed by atoms with Gasteiger partial charge in [0.1, 0.15) is 5.04 Å². The van der Waals surface area contributed by atoms with E-state index in [1.54, 1.807) is 0 Å². The summed E-state index contributed by atoms with van der Waals surface area (Å²) in [5.41, 5.74) is 6.66. The maximum atomic E-state index is 5.54. The molecular weight excluding hydrogens is 170 g/mol. The van der Waals surface area contributed by atoms with E-state index in [2.05, 4.69) is 9.71 Å². The molecule has 3 N–H and O–H groups in total. The highest BCUT2D eigenvalue weighted by molar-refractivity contribution is 8.13.